The number of furan rings is 1. The van der Waals surface area contributed by atoms with Crippen molar-refractivity contribution in [2.75, 3.05) is 0 Å². The molecule has 0 unspecified atom stereocenters. The van der Waals surface area contributed by atoms with Gasteiger partial charge in [-0.05, 0) is 74.8 Å². The zero-order valence-electron chi connectivity index (χ0n) is 16.4. The Bertz CT molecular complexity index is 1620. The summed E-state index contributed by atoms with van der Waals surface area (Å²) in [6.45, 7) is 0. The van der Waals surface area contributed by atoms with Gasteiger partial charge in [-0.25, -0.2) is 0 Å². The molecule has 140 valence electrons. The van der Waals surface area contributed by atoms with Crippen LogP contribution in [0.15, 0.2) is 101 Å². The summed E-state index contributed by atoms with van der Waals surface area (Å²) in [5.41, 5.74) is 10.00. The van der Waals surface area contributed by atoms with Crippen LogP contribution in [-0.4, -0.2) is 0 Å². The van der Waals surface area contributed by atoms with E-state index in [1.54, 1.807) is 0 Å². The first-order valence-corrected chi connectivity index (χ1v) is 10.4. The topological polar surface area (TPSA) is 13.1 Å². The lowest BCUT2D eigenvalue weighted by atomic mass is 9.94. The largest absolute Gasteiger partial charge is 0.456 e. The second kappa shape index (κ2) is 5.84. The Morgan fingerprint density at radius 3 is 2.33 bits per heavy atom. The normalized spacial score (nSPS) is 12.5. The third-order valence-corrected chi connectivity index (χ3v) is 6.48. The molecule has 30 heavy (non-hydrogen) atoms. The van der Waals surface area contributed by atoms with E-state index in [0.717, 1.165) is 17.6 Å². The number of fused-ring (bicyclic) bond motifs is 8. The molecular formula is C29H18O. The van der Waals surface area contributed by atoms with E-state index in [1.165, 1.54) is 54.9 Å². The van der Waals surface area contributed by atoms with Crippen LogP contribution in [0.5, 0.6) is 0 Å². The summed E-state index contributed by atoms with van der Waals surface area (Å²) in [4.78, 5) is 0. The molecule has 1 aromatic heterocycles. The van der Waals surface area contributed by atoms with E-state index in [1.807, 2.05) is 12.1 Å². The predicted octanol–water partition coefficient (Wildman–Crippen LogP) is 7.98. The van der Waals surface area contributed by atoms with Crippen LogP contribution in [-0.2, 0) is 6.42 Å². The van der Waals surface area contributed by atoms with Gasteiger partial charge >= 0.3 is 0 Å². The molecular weight excluding hydrogens is 364 g/mol. The van der Waals surface area contributed by atoms with Gasteiger partial charge in [0.15, 0.2) is 0 Å². The molecule has 0 bridgehead atoms. The Labute approximate surface area is 174 Å². The Morgan fingerprint density at radius 2 is 1.33 bits per heavy atom. The van der Waals surface area contributed by atoms with Gasteiger partial charge < -0.3 is 4.42 Å². The molecule has 0 fully saturated rings. The molecule has 0 atom stereocenters. The van der Waals surface area contributed by atoms with E-state index in [4.69, 9.17) is 4.42 Å². The van der Waals surface area contributed by atoms with Crippen molar-refractivity contribution < 1.29 is 4.42 Å². The number of hydrogen-bond acceptors (Lipinski definition) is 1. The lowest BCUT2D eigenvalue weighted by Gasteiger charge is -2.09. The Balaban J connectivity index is 1.42. The van der Waals surface area contributed by atoms with Crippen LogP contribution in [0.2, 0.25) is 0 Å². The Hall–Kier alpha value is -3.84. The first-order chi connectivity index (χ1) is 14.8. The summed E-state index contributed by atoms with van der Waals surface area (Å²) >= 11 is 0. The van der Waals surface area contributed by atoms with Crippen molar-refractivity contribution in [3.63, 3.8) is 0 Å². The van der Waals surface area contributed by atoms with Crippen molar-refractivity contribution in [1.29, 1.82) is 0 Å². The molecule has 0 N–H and O–H groups in total. The highest BCUT2D eigenvalue weighted by Gasteiger charge is 2.20. The molecule has 1 heterocycles. The molecule has 1 nitrogen and oxygen atoms in total. The third kappa shape index (κ3) is 2.18. The van der Waals surface area contributed by atoms with E-state index in [9.17, 15) is 0 Å². The smallest absolute Gasteiger partial charge is 0.135 e. The molecule has 0 aliphatic heterocycles. The van der Waals surface area contributed by atoms with Crippen LogP contribution in [0, 0.1) is 0 Å². The average Bonchev–Trinajstić information content (AvgIpc) is 3.36. The van der Waals surface area contributed by atoms with Crippen LogP contribution in [0.4, 0.5) is 0 Å². The maximum atomic E-state index is 6.00. The first kappa shape index (κ1) is 16.0. The van der Waals surface area contributed by atoms with E-state index < -0.39 is 0 Å². The molecule has 0 saturated heterocycles. The molecule has 1 heteroatoms. The lowest BCUT2D eigenvalue weighted by molar-refractivity contribution is 0.669. The van der Waals surface area contributed by atoms with Gasteiger partial charge in [0, 0.05) is 10.8 Å². The van der Waals surface area contributed by atoms with Gasteiger partial charge in [0.1, 0.15) is 11.2 Å². The van der Waals surface area contributed by atoms with E-state index >= 15 is 0 Å². The second-order valence-corrected chi connectivity index (χ2v) is 8.18. The van der Waals surface area contributed by atoms with Gasteiger partial charge in [0.2, 0.25) is 0 Å². The zero-order valence-corrected chi connectivity index (χ0v) is 16.4. The fourth-order valence-corrected chi connectivity index (χ4v) is 5.05. The average molecular weight is 382 g/mol. The van der Waals surface area contributed by atoms with E-state index in [-0.39, 0.29) is 0 Å². The predicted molar refractivity (Wildman–Crippen MR) is 125 cm³/mol. The van der Waals surface area contributed by atoms with Crippen LogP contribution in [0.1, 0.15) is 11.1 Å². The molecule has 0 spiro atoms. The second-order valence-electron chi connectivity index (χ2n) is 8.18. The SMILES string of the molecule is c1ccc2c(c1)Cc1ccc3cc(-c4ccc5oc6ccccc6c5c4)ccc3c1-2. The van der Waals surface area contributed by atoms with E-state index in [0.29, 0.717) is 0 Å². The molecule has 0 saturated carbocycles. The van der Waals surface area contributed by atoms with Crippen LogP contribution < -0.4 is 0 Å². The standard InChI is InChI=1S/C29H18O/c1-2-6-23-20(5-1)16-22-10-9-21-15-18(11-13-24(21)29(22)23)19-12-14-28-26(17-19)25-7-3-4-8-27(25)30-28/h1-15,17H,16H2. The number of hydrogen-bond donors (Lipinski definition) is 0. The zero-order chi connectivity index (χ0) is 19.7. The van der Waals surface area contributed by atoms with Crippen LogP contribution in [0.25, 0.3) is 55.0 Å². The third-order valence-electron chi connectivity index (χ3n) is 6.48. The molecule has 6 aromatic rings. The van der Waals surface area contributed by atoms with Crippen molar-refractivity contribution >= 4 is 32.7 Å². The van der Waals surface area contributed by atoms with Gasteiger partial charge in [-0.3, -0.25) is 0 Å². The number of rotatable bonds is 1. The highest BCUT2D eigenvalue weighted by atomic mass is 16.3. The molecule has 0 amide bonds. The van der Waals surface area contributed by atoms with Crippen molar-refractivity contribution in [3.05, 3.63) is 108 Å². The number of benzene rings is 5. The molecule has 7 rings (SSSR count). The number of para-hydroxylation sites is 1. The van der Waals surface area contributed by atoms with E-state index in [2.05, 4.69) is 84.9 Å². The summed E-state index contributed by atoms with van der Waals surface area (Å²) in [5.74, 6) is 0. The maximum Gasteiger partial charge on any atom is 0.135 e. The van der Waals surface area contributed by atoms with Gasteiger partial charge in [0.25, 0.3) is 0 Å². The fraction of sp³-hybridized carbons (Fsp3) is 0.0345. The lowest BCUT2D eigenvalue weighted by Crippen LogP contribution is -1.84. The summed E-state index contributed by atoms with van der Waals surface area (Å²) in [6.07, 6.45) is 1.04. The molecule has 1 aliphatic carbocycles. The highest BCUT2D eigenvalue weighted by molar-refractivity contribution is 6.07. The Morgan fingerprint density at radius 1 is 0.533 bits per heavy atom. The summed E-state index contributed by atoms with van der Waals surface area (Å²) in [7, 11) is 0. The molecule has 1 aliphatic rings. The van der Waals surface area contributed by atoms with Crippen LogP contribution in [0.3, 0.4) is 0 Å². The van der Waals surface area contributed by atoms with Crippen molar-refractivity contribution in [2.45, 2.75) is 6.42 Å². The summed E-state index contributed by atoms with van der Waals surface area (Å²) in [6, 6.07) is 35.0. The first-order valence-electron chi connectivity index (χ1n) is 10.4. The van der Waals surface area contributed by atoms with Crippen molar-refractivity contribution in [3.8, 4) is 22.3 Å². The minimum atomic E-state index is 0.940. The Kier molecular flexibility index (Phi) is 3.12. The minimum absolute atomic E-state index is 0.940. The minimum Gasteiger partial charge on any atom is -0.456 e. The van der Waals surface area contributed by atoms with Gasteiger partial charge in [0.05, 0.1) is 0 Å². The fourth-order valence-electron chi connectivity index (χ4n) is 5.05. The van der Waals surface area contributed by atoms with Gasteiger partial charge in [-0.15, -0.1) is 0 Å². The molecule has 5 aromatic carbocycles. The van der Waals surface area contributed by atoms with Gasteiger partial charge in [-0.2, -0.15) is 0 Å². The van der Waals surface area contributed by atoms with Crippen molar-refractivity contribution in [1.82, 2.24) is 0 Å². The van der Waals surface area contributed by atoms with Crippen LogP contribution >= 0.6 is 0 Å². The highest BCUT2D eigenvalue weighted by Crippen LogP contribution is 2.42. The monoisotopic (exact) mass is 382 g/mol. The maximum absolute atomic E-state index is 6.00. The van der Waals surface area contributed by atoms with Crippen molar-refractivity contribution in [2.24, 2.45) is 0 Å². The van der Waals surface area contributed by atoms with Gasteiger partial charge in [-0.1, -0.05) is 72.8 Å². The molecule has 0 radical (unpaired) electrons. The summed E-state index contributed by atoms with van der Waals surface area (Å²) < 4.78 is 6.00. The quantitative estimate of drug-likeness (QED) is 0.280. The summed E-state index contributed by atoms with van der Waals surface area (Å²) in [5, 5.41) is 4.98.